The zero-order valence-corrected chi connectivity index (χ0v) is 15.0. The second-order valence-electron chi connectivity index (χ2n) is 5.81. The first-order valence-corrected chi connectivity index (χ1v) is 8.74. The highest BCUT2D eigenvalue weighted by Crippen LogP contribution is 2.24. The van der Waals surface area contributed by atoms with E-state index >= 15 is 0 Å². The number of hydrogen-bond acceptors (Lipinski definition) is 4. The van der Waals surface area contributed by atoms with Crippen molar-refractivity contribution in [2.45, 2.75) is 33.2 Å². The van der Waals surface area contributed by atoms with E-state index in [1.54, 1.807) is 49.7 Å². The van der Waals surface area contributed by atoms with Crippen LogP contribution < -0.4 is 4.80 Å². The molecule has 0 aliphatic heterocycles. The van der Waals surface area contributed by atoms with Gasteiger partial charge in [0.05, 0.1) is 18.2 Å². The van der Waals surface area contributed by atoms with Gasteiger partial charge in [-0.2, -0.15) is 4.99 Å². The molecule has 2 heterocycles. The lowest BCUT2D eigenvalue weighted by molar-refractivity contribution is -0.119. The number of aryl methyl sites for hydroxylation is 2. The van der Waals surface area contributed by atoms with Crippen molar-refractivity contribution in [3.05, 3.63) is 69.0 Å². The van der Waals surface area contributed by atoms with Crippen molar-refractivity contribution in [1.82, 2.24) is 9.72 Å². The summed E-state index contributed by atoms with van der Waals surface area (Å²) in [5, 5.41) is 5.71. The van der Waals surface area contributed by atoms with Crippen molar-refractivity contribution in [2.75, 3.05) is 0 Å². The third-order valence-electron chi connectivity index (χ3n) is 4.06. The molecule has 7 heteroatoms. The van der Waals surface area contributed by atoms with Crippen LogP contribution in [0.2, 0.25) is 0 Å². The maximum Gasteiger partial charge on any atom is 0.255 e. The first kappa shape index (κ1) is 17.3. The minimum atomic E-state index is -0.449. The maximum atomic E-state index is 13.9. The highest BCUT2D eigenvalue weighted by Gasteiger charge is 2.22. The number of benzene rings is 1. The standard InChI is InChI=1S/C18H18FN3O2S/c1-11(16-12(2)21-24-13(16)3)17(23)20-18-22(8-9-25-18)10-14-6-4-5-7-15(14)19/h4-9,11H,10H2,1-3H3. The lowest BCUT2D eigenvalue weighted by atomic mass is 9.99. The van der Waals surface area contributed by atoms with Gasteiger partial charge >= 0.3 is 0 Å². The van der Waals surface area contributed by atoms with Gasteiger partial charge in [0.2, 0.25) is 0 Å². The largest absolute Gasteiger partial charge is 0.361 e. The summed E-state index contributed by atoms with van der Waals surface area (Å²) in [6, 6.07) is 6.58. The zero-order valence-electron chi connectivity index (χ0n) is 14.2. The number of carbonyl (C=O) groups is 1. The predicted octanol–water partition coefficient (Wildman–Crippen LogP) is 3.57. The molecule has 130 valence electrons. The number of aromatic nitrogens is 2. The quantitative estimate of drug-likeness (QED) is 0.715. The highest BCUT2D eigenvalue weighted by atomic mass is 32.1. The monoisotopic (exact) mass is 359 g/mol. The molecule has 25 heavy (non-hydrogen) atoms. The lowest BCUT2D eigenvalue weighted by Crippen LogP contribution is -2.19. The minimum absolute atomic E-state index is 0.275. The van der Waals surface area contributed by atoms with Gasteiger partial charge in [0.25, 0.3) is 5.91 Å². The molecule has 3 aromatic rings. The summed E-state index contributed by atoms with van der Waals surface area (Å²) in [6.45, 7) is 5.69. The summed E-state index contributed by atoms with van der Waals surface area (Å²) in [5.74, 6) is -0.379. The van der Waals surface area contributed by atoms with Gasteiger partial charge in [-0.25, -0.2) is 4.39 Å². The fourth-order valence-corrected chi connectivity index (χ4v) is 3.47. The maximum absolute atomic E-state index is 13.9. The molecule has 0 aliphatic carbocycles. The molecule has 3 rings (SSSR count). The average molecular weight is 359 g/mol. The van der Waals surface area contributed by atoms with Crippen LogP contribution in [-0.2, 0) is 11.3 Å². The first-order chi connectivity index (χ1) is 12.0. The van der Waals surface area contributed by atoms with Crippen LogP contribution in [0, 0.1) is 19.7 Å². The van der Waals surface area contributed by atoms with E-state index in [4.69, 9.17) is 4.52 Å². The van der Waals surface area contributed by atoms with Crippen LogP contribution in [0.15, 0.2) is 45.4 Å². The normalized spacial score (nSPS) is 13.2. The van der Waals surface area contributed by atoms with Crippen molar-refractivity contribution in [1.29, 1.82) is 0 Å². The molecule has 2 aromatic heterocycles. The van der Waals surface area contributed by atoms with Gasteiger partial charge in [-0.3, -0.25) is 4.79 Å². The summed E-state index contributed by atoms with van der Waals surface area (Å²) < 4.78 is 20.7. The minimum Gasteiger partial charge on any atom is -0.361 e. The number of halogens is 1. The van der Waals surface area contributed by atoms with Crippen LogP contribution in [0.1, 0.15) is 35.4 Å². The molecule has 0 spiro atoms. The summed E-state index contributed by atoms with van der Waals surface area (Å²) >= 11 is 1.34. The van der Waals surface area contributed by atoms with E-state index in [1.807, 2.05) is 5.38 Å². The SMILES string of the molecule is Cc1noc(C)c1C(C)C(=O)N=c1sccn1Cc1ccccc1F. The summed E-state index contributed by atoms with van der Waals surface area (Å²) in [6.07, 6.45) is 1.80. The van der Waals surface area contributed by atoms with Crippen LogP contribution >= 0.6 is 11.3 Å². The molecule has 0 N–H and O–H groups in total. The molecule has 0 bridgehead atoms. The van der Waals surface area contributed by atoms with Crippen molar-refractivity contribution < 1.29 is 13.7 Å². The lowest BCUT2D eigenvalue weighted by Gasteiger charge is -2.07. The van der Waals surface area contributed by atoms with Crippen LogP contribution in [0.3, 0.4) is 0 Å². The van der Waals surface area contributed by atoms with Gasteiger partial charge in [0.1, 0.15) is 11.6 Å². The van der Waals surface area contributed by atoms with E-state index in [-0.39, 0.29) is 11.7 Å². The Labute approximate surface area is 148 Å². The molecule has 0 aliphatic rings. The van der Waals surface area contributed by atoms with Gasteiger partial charge in [-0.1, -0.05) is 23.4 Å². The molecular weight excluding hydrogens is 341 g/mol. The molecule has 1 atom stereocenters. The van der Waals surface area contributed by atoms with E-state index in [1.165, 1.54) is 17.4 Å². The van der Waals surface area contributed by atoms with E-state index in [0.717, 1.165) is 5.56 Å². The number of thiazole rings is 1. The van der Waals surface area contributed by atoms with Crippen LogP contribution in [0.4, 0.5) is 4.39 Å². The Morgan fingerprint density at radius 1 is 1.40 bits per heavy atom. The van der Waals surface area contributed by atoms with E-state index in [9.17, 15) is 9.18 Å². The van der Waals surface area contributed by atoms with Crippen molar-refractivity contribution in [2.24, 2.45) is 4.99 Å². The van der Waals surface area contributed by atoms with Crippen LogP contribution in [-0.4, -0.2) is 15.6 Å². The van der Waals surface area contributed by atoms with Gasteiger partial charge < -0.3 is 9.09 Å². The van der Waals surface area contributed by atoms with E-state index in [2.05, 4.69) is 10.1 Å². The Bertz CT molecular complexity index is 951. The number of hydrogen-bond donors (Lipinski definition) is 0. The molecule has 0 radical (unpaired) electrons. The molecule has 1 unspecified atom stereocenters. The molecular formula is C18H18FN3O2S. The summed E-state index contributed by atoms with van der Waals surface area (Å²) in [5.41, 5.74) is 2.01. The topological polar surface area (TPSA) is 60.4 Å². The molecule has 1 amide bonds. The number of nitrogens with zero attached hydrogens (tertiary/aromatic N) is 3. The fourth-order valence-electron chi connectivity index (χ4n) is 2.74. The smallest absolute Gasteiger partial charge is 0.255 e. The van der Waals surface area contributed by atoms with Gasteiger partial charge in [0, 0.05) is 22.7 Å². The summed E-state index contributed by atoms with van der Waals surface area (Å²) in [4.78, 5) is 17.3. The van der Waals surface area contributed by atoms with Gasteiger partial charge in [0.15, 0.2) is 4.80 Å². The Morgan fingerprint density at radius 3 is 2.84 bits per heavy atom. The third-order valence-corrected chi connectivity index (χ3v) is 4.85. The average Bonchev–Trinajstić information content (AvgIpc) is 3.15. The first-order valence-electron chi connectivity index (χ1n) is 7.86. The van der Waals surface area contributed by atoms with Crippen LogP contribution in [0.25, 0.3) is 0 Å². The van der Waals surface area contributed by atoms with Crippen LogP contribution in [0.5, 0.6) is 0 Å². The van der Waals surface area contributed by atoms with Gasteiger partial charge in [-0.05, 0) is 26.8 Å². The number of amides is 1. The zero-order chi connectivity index (χ0) is 18.0. The second-order valence-corrected chi connectivity index (χ2v) is 6.69. The Balaban J connectivity index is 1.89. The highest BCUT2D eigenvalue weighted by molar-refractivity contribution is 7.07. The van der Waals surface area contributed by atoms with Crippen molar-refractivity contribution >= 4 is 17.2 Å². The Hall–Kier alpha value is -2.54. The molecule has 0 fully saturated rings. The second kappa shape index (κ2) is 7.14. The van der Waals surface area contributed by atoms with E-state index < -0.39 is 5.92 Å². The van der Waals surface area contributed by atoms with Gasteiger partial charge in [-0.15, -0.1) is 11.3 Å². The van der Waals surface area contributed by atoms with Crippen molar-refractivity contribution in [3.8, 4) is 0 Å². The Kier molecular flexibility index (Phi) is 4.94. The molecule has 0 saturated carbocycles. The van der Waals surface area contributed by atoms with Crippen molar-refractivity contribution in [3.63, 3.8) is 0 Å². The molecule has 5 nitrogen and oxygen atoms in total. The third kappa shape index (κ3) is 3.61. The number of carbonyl (C=O) groups excluding carboxylic acids is 1. The predicted molar refractivity (Wildman–Crippen MR) is 92.8 cm³/mol. The summed E-state index contributed by atoms with van der Waals surface area (Å²) in [7, 11) is 0. The molecule has 1 aromatic carbocycles. The van der Waals surface area contributed by atoms with E-state index in [0.29, 0.717) is 28.4 Å². The number of rotatable bonds is 4. The fraction of sp³-hybridized carbons (Fsp3) is 0.278. The molecule has 0 saturated heterocycles. The Morgan fingerprint density at radius 2 is 2.16 bits per heavy atom.